The van der Waals surface area contributed by atoms with Crippen LogP contribution in [-0.2, 0) is 10.2 Å². The number of benzene rings is 1. The molecule has 5 heteroatoms. The molecule has 1 aromatic rings. The average Bonchev–Trinajstić information content (AvgIpc) is 2.78. The summed E-state index contributed by atoms with van der Waals surface area (Å²) in [6.07, 6.45) is 8.80. The fourth-order valence-corrected chi connectivity index (χ4v) is 5.70. The lowest BCUT2D eigenvalue weighted by Crippen LogP contribution is -2.46. The highest BCUT2D eigenvalue weighted by molar-refractivity contribution is 5.95. The van der Waals surface area contributed by atoms with Crippen molar-refractivity contribution in [1.29, 1.82) is 0 Å². The van der Waals surface area contributed by atoms with Crippen LogP contribution in [0.15, 0.2) is 23.8 Å². The summed E-state index contributed by atoms with van der Waals surface area (Å²) in [6.45, 7) is 10.6. The number of ketones is 1. The van der Waals surface area contributed by atoms with Crippen molar-refractivity contribution >= 4 is 5.78 Å². The van der Waals surface area contributed by atoms with Crippen LogP contribution in [-0.4, -0.2) is 39.4 Å². The number of fused-ring (bicyclic) bond motifs is 3. The molecule has 0 saturated carbocycles. The SMILES string of the molecule is CCCCCCC(C)(C)c1cc(O)c2c(c1)OC(C)(C)[C@@H]1CC=C(C(=O)CC[C@H](O)CO)C[C@@H]21. The molecule has 0 saturated heterocycles. The minimum absolute atomic E-state index is 0.00665. The molecule has 5 nitrogen and oxygen atoms in total. The van der Waals surface area contributed by atoms with E-state index in [-0.39, 0.29) is 48.2 Å². The zero-order valence-electron chi connectivity index (χ0n) is 21.7. The van der Waals surface area contributed by atoms with Crippen molar-refractivity contribution in [3.8, 4) is 11.5 Å². The molecule has 1 aliphatic carbocycles. The number of carbonyl (C=O) groups excluding carboxylic acids is 1. The molecule has 2 aliphatic rings. The molecule has 3 N–H and O–H groups in total. The molecule has 34 heavy (non-hydrogen) atoms. The van der Waals surface area contributed by atoms with Crippen LogP contribution in [0.4, 0.5) is 0 Å². The van der Waals surface area contributed by atoms with E-state index in [9.17, 15) is 15.0 Å². The van der Waals surface area contributed by atoms with Crippen molar-refractivity contribution in [1.82, 2.24) is 0 Å². The van der Waals surface area contributed by atoms with Crippen molar-refractivity contribution in [2.24, 2.45) is 5.92 Å². The number of ether oxygens (including phenoxy) is 1. The lowest BCUT2D eigenvalue weighted by atomic mass is 9.66. The Morgan fingerprint density at radius 2 is 1.97 bits per heavy atom. The largest absolute Gasteiger partial charge is 0.508 e. The molecule has 0 unspecified atom stereocenters. The van der Waals surface area contributed by atoms with Gasteiger partial charge in [-0.1, -0.05) is 52.5 Å². The fraction of sp³-hybridized carbons (Fsp3) is 0.690. The summed E-state index contributed by atoms with van der Waals surface area (Å²) < 4.78 is 6.50. The van der Waals surface area contributed by atoms with Crippen molar-refractivity contribution in [2.45, 2.75) is 115 Å². The van der Waals surface area contributed by atoms with Gasteiger partial charge in [0, 0.05) is 23.8 Å². The maximum Gasteiger partial charge on any atom is 0.158 e. The van der Waals surface area contributed by atoms with E-state index in [1.54, 1.807) is 0 Å². The van der Waals surface area contributed by atoms with E-state index in [1.165, 1.54) is 19.3 Å². The number of aromatic hydroxyl groups is 1. The van der Waals surface area contributed by atoms with Gasteiger partial charge in [-0.25, -0.2) is 0 Å². The van der Waals surface area contributed by atoms with Crippen LogP contribution < -0.4 is 4.74 Å². The Kier molecular flexibility index (Phi) is 8.51. The Morgan fingerprint density at radius 3 is 2.65 bits per heavy atom. The number of carbonyl (C=O) groups is 1. The topological polar surface area (TPSA) is 87.0 Å². The number of hydrogen-bond donors (Lipinski definition) is 3. The molecule has 3 rings (SSSR count). The second kappa shape index (κ2) is 10.8. The van der Waals surface area contributed by atoms with Crippen LogP contribution in [0.1, 0.15) is 109 Å². The first-order valence-electron chi connectivity index (χ1n) is 13.1. The number of hydrogen-bond acceptors (Lipinski definition) is 5. The minimum Gasteiger partial charge on any atom is -0.508 e. The summed E-state index contributed by atoms with van der Waals surface area (Å²) in [5.41, 5.74) is 2.20. The van der Waals surface area contributed by atoms with E-state index in [4.69, 9.17) is 9.84 Å². The molecule has 0 aromatic heterocycles. The van der Waals surface area contributed by atoms with Crippen molar-refractivity contribution in [3.63, 3.8) is 0 Å². The van der Waals surface area contributed by atoms with Gasteiger partial charge in [-0.05, 0) is 68.2 Å². The van der Waals surface area contributed by atoms with Crippen LogP contribution in [0.3, 0.4) is 0 Å². The first kappa shape index (κ1) is 26.7. The molecule has 0 radical (unpaired) electrons. The molecule has 0 spiro atoms. The first-order valence-corrected chi connectivity index (χ1v) is 13.1. The lowest BCUT2D eigenvalue weighted by molar-refractivity contribution is -0.116. The van der Waals surface area contributed by atoms with Crippen LogP contribution in [0, 0.1) is 5.92 Å². The Morgan fingerprint density at radius 1 is 1.24 bits per heavy atom. The van der Waals surface area contributed by atoms with Crippen LogP contribution in [0.5, 0.6) is 11.5 Å². The van der Waals surface area contributed by atoms with Gasteiger partial charge in [0.2, 0.25) is 0 Å². The molecule has 0 bridgehead atoms. The van der Waals surface area contributed by atoms with Crippen molar-refractivity contribution < 1.29 is 24.9 Å². The highest BCUT2D eigenvalue weighted by Gasteiger charge is 2.47. The minimum atomic E-state index is -0.864. The highest BCUT2D eigenvalue weighted by Crippen LogP contribution is 2.55. The van der Waals surface area contributed by atoms with Gasteiger partial charge in [-0.2, -0.15) is 0 Å². The second-order valence-corrected chi connectivity index (χ2v) is 11.5. The normalized spacial score (nSPS) is 22.3. The Labute approximate surface area is 205 Å². The van der Waals surface area contributed by atoms with Gasteiger partial charge < -0.3 is 20.1 Å². The van der Waals surface area contributed by atoms with Crippen LogP contribution >= 0.6 is 0 Å². The van der Waals surface area contributed by atoms with E-state index in [0.29, 0.717) is 12.8 Å². The summed E-state index contributed by atoms with van der Waals surface area (Å²) in [7, 11) is 0. The molecule has 3 atom stereocenters. The molecule has 1 heterocycles. The van der Waals surface area contributed by atoms with Gasteiger partial charge in [0.05, 0.1) is 12.7 Å². The monoisotopic (exact) mass is 472 g/mol. The van der Waals surface area contributed by atoms with E-state index >= 15 is 0 Å². The lowest BCUT2D eigenvalue weighted by Gasteiger charge is -2.47. The highest BCUT2D eigenvalue weighted by atomic mass is 16.5. The third-order valence-corrected chi connectivity index (χ3v) is 8.01. The number of phenolic OH excluding ortho intramolecular Hbond substituents is 1. The summed E-state index contributed by atoms with van der Waals surface area (Å²) in [4.78, 5) is 12.8. The number of aliphatic hydroxyl groups excluding tert-OH is 2. The summed E-state index contributed by atoms with van der Waals surface area (Å²) in [5.74, 6) is 1.20. The van der Waals surface area contributed by atoms with Crippen LogP contribution in [0.2, 0.25) is 0 Å². The zero-order chi connectivity index (χ0) is 25.1. The van der Waals surface area contributed by atoms with Crippen LogP contribution in [0.25, 0.3) is 0 Å². The standard InChI is InChI=1S/C29H44O5/c1-6-7-8-9-14-28(2,3)20-16-25(33)27-22-15-19(24(32)13-11-21(31)18-30)10-12-23(22)29(4,5)34-26(27)17-20/h10,16-17,21-23,30-31,33H,6-9,11-15,18H2,1-5H3/t21-,22+,23+/m0/s1. The van der Waals surface area contributed by atoms with Gasteiger partial charge in [0.15, 0.2) is 5.78 Å². The molecule has 190 valence electrons. The predicted molar refractivity (Wildman–Crippen MR) is 135 cm³/mol. The van der Waals surface area contributed by atoms with Crippen molar-refractivity contribution in [3.05, 3.63) is 34.9 Å². The molecular formula is C29H44O5. The van der Waals surface area contributed by atoms with Gasteiger partial charge in [-0.15, -0.1) is 0 Å². The van der Waals surface area contributed by atoms with E-state index in [0.717, 1.165) is 35.3 Å². The van der Waals surface area contributed by atoms with Gasteiger partial charge in [-0.3, -0.25) is 4.79 Å². The molecule has 0 fully saturated rings. The number of Topliss-reactive ketones (excluding diaryl/α,β-unsaturated/α-hetero) is 1. The first-order chi connectivity index (χ1) is 16.0. The average molecular weight is 473 g/mol. The maximum atomic E-state index is 12.8. The molecule has 1 aliphatic heterocycles. The van der Waals surface area contributed by atoms with E-state index < -0.39 is 11.7 Å². The summed E-state index contributed by atoms with van der Waals surface area (Å²) in [5, 5.41) is 29.9. The number of rotatable bonds is 11. The number of phenols is 1. The number of aliphatic hydroxyl groups is 2. The molecule has 1 aromatic carbocycles. The Bertz CT molecular complexity index is 898. The van der Waals surface area contributed by atoms with E-state index in [1.807, 2.05) is 12.1 Å². The molecule has 0 amide bonds. The van der Waals surface area contributed by atoms with Crippen molar-refractivity contribution in [2.75, 3.05) is 6.61 Å². The fourth-order valence-electron chi connectivity index (χ4n) is 5.70. The molecular weight excluding hydrogens is 428 g/mol. The summed E-state index contributed by atoms with van der Waals surface area (Å²) in [6, 6.07) is 4.03. The number of allylic oxidation sites excluding steroid dienone is 2. The third kappa shape index (κ3) is 5.85. The Hall–Kier alpha value is -1.85. The van der Waals surface area contributed by atoms with Gasteiger partial charge >= 0.3 is 0 Å². The quantitative estimate of drug-likeness (QED) is 0.347. The predicted octanol–water partition coefficient (Wildman–Crippen LogP) is 5.93. The smallest absolute Gasteiger partial charge is 0.158 e. The summed E-state index contributed by atoms with van der Waals surface area (Å²) >= 11 is 0. The van der Waals surface area contributed by atoms with Gasteiger partial charge in [0.1, 0.15) is 17.1 Å². The van der Waals surface area contributed by atoms with Gasteiger partial charge in [0.25, 0.3) is 0 Å². The zero-order valence-corrected chi connectivity index (χ0v) is 21.7. The van der Waals surface area contributed by atoms with E-state index in [2.05, 4.69) is 40.7 Å². The third-order valence-electron chi connectivity index (χ3n) is 8.01. The number of unbranched alkanes of at least 4 members (excludes halogenated alkanes) is 3. The maximum absolute atomic E-state index is 12.8. The Balaban J connectivity index is 1.86. The second-order valence-electron chi connectivity index (χ2n) is 11.5.